The molecule has 0 aromatic heterocycles. The van der Waals surface area contributed by atoms with E-state index in [1.165, 1.54) is 0 Å². The van der Waals surface area contributed by atoms with Crippen LogP contribution in [-0.2, 0) is 4.79 Å². The van der Waals surface area contributed by atoms with Crippen molar-refractivity contribution in [1.29, 1.82) is 0 Å². The van der Waals surface area contributed by atoms with Crippen LogP contribution in [0.4, 0.5) is 0 Å². The molecule has 1 aliphatic heterocycles. The molecule has 0 spiro atoms. The Bertz CT molecular complexity index is 157. The molecule has 0 saturated carbocycles. The van der Waals surface area contributed by atoms with Gasteiger partial charge in [-0.2, -0.15) is 0 Å². The molecule has 1 saturated heterocycles. The van der Waals surface area contributed by atoms with Crippen molar-refractivity contribution < 1.29 is 9.90 Å². The van der Waals surface area contributed by atoms with Crippen LogP contribution in [0.5, 0.6) is 0 Å². The summed E-state index contributed by atoms with van der Waals surface area (Å²) in [7, 11) is 0. The quantitative estimate of drug-likeness (QED) is 0.585. The van der Waals surface area contributed by atoms with Crippen LogP contribution in [0.2, 0.25) is 0 Å². The lowest BCUT2D eigenvalue weighted by molar-refractivity contribution is -0.125. The summed E-state index contributed by atoms with van der Waals surface area (Å²) in [4.78, 5) is 13.0. The number of hydrogen-bond acceptors (Lipinski definition) is 3. The molecule has 1 aliphatic rings. The molecule has 1 rings (SSSR count). The molecule has 0 aliphatic carbocycles. The zero-order valence-electron chi connectivity index (χ0n) is 7.42. The van der Waals surface area contributed by atoms with Crippen LogP contribution in [0.25, 0.3) is 0 Å². The molecule has 1 fully saturated rings. The monoisotopic (exact) mass is 172 g/mol. The minimum atomic E-state index is 0.0631. The highest BCUT2D eigenvalue weighted by Gasteiger charge is 2.21. The average Bonchev–Trinajstić information content (AvgIpc) is 2.07. The standard InChI is InChI=1S/C8H16N2O2/c1-2-7(6-11)10-4-3-9-8(12)5-10/h7,11H,2-6H2,1H3,(H,9,12). The van der Waals surface area contributed by atoms with E-state index in [-0.39, 0.29) is 18.6 Å². The summed E-state index contributed by atoms with van der Waals surface area (Å²) in [5.41, 5.74) is 0. The van der Waals surface area contributed by atoms with Gasteiger partial charge in [-0.15, -0.1) is 0 Å². The zero-order chi connectivity index (χ0) is 8.97. The Kier molecular flexibility index (Phi) is 3.49. The van der Waals surface area contributed by atoms with E-state index >= 15 is 0 Å². The third-order valence-electron chi connectivity index (χ3n) is 2.27. The van der Waals surface area contributed by atoms with E-state index in [9.17, 15) is 4.79 Å². The van der Waals surface area contributed by atoms with Gasteiger partial charge in [0.2, 0.25) is 5.91 Å². The van der Waals surface area contributed by atoms with Crippen molar-refractivity contribution in [1.82, 2.24) is 10.2 Å². The maximum atomic E-state index is 11.0. The van der Waals surface area contributed by atoms with Gasteiger partial charge in [0.1, 0.15) is 0 Å². The molecule has 1 unspecified atom stereocenters. The fraction of sp³-hybridized carbons (Fsp3) is 0.875. The fourth-order valence-corrected chi connectivity index (χ4v) is 1.47. The second-order valence-corrected chi connectivity index (χ2v) is 3.07. The van der Waals surface area contributed by atoms with Crippen LogP contribution in [0.15, 0.2) is 0 Å². The molecule has 4 heteroatoms. The predicted molar refractivity (Wildman–Crippen MR) is 45.7 cm³/mol. The number of aliphatic hydroxyl groups is 1. The van der Waals surface area contributed by atoms with Gasteiger partial charge in [0.05, 0.1) is 13.2 Å². The van der Waals surface area contributed by atoms with Gasteiger partial charge < -0.3 is 10.4 Å². The van der Waals surface area contributed by atoms with Crippen molar-refractivity contribution in [3.05, 3.63) is 0 Å². The second-order valence-electron chi connectivity index (χ2n) is 3.07. The van der Waals surface area contributed by atoms with Gasteiger partial charge >= 0.3 is 0 Å². The van der Waals surface area contributed by atoms with Crippen molar-refractivity contribution in [2.45, 2.75) is 19.4 Å². The van der Waals surface area contributed by atoms with E-state index in [2.05, 4.69) is 5.32 Å². The number of aliphatic hydroxyl groups excluding tert-OH is 1. The van der Waals surface area contributed by atoms with Crippen molar-refractivity contribution >= 4 is 5.91 Å². The van der Waals surface area contributed by atoms with Crippen LogP contribution < -0.4 is 5.32 Å². The Morgan fingerprint density at radius 1 is 1.75 bits per heavy atom. The van der Waals surface area contributed by atoms with Gasteiger partial charge in [-0.05, 0) is 6.42 Å². The molecule has 12 heavy (non-hydrogen) atoms. The van der Waals surface area contributed by atoms with Crippen molar-refractivity contribution in [2.24, 2.45) is 0 Å². The van der Waals surface area contributed by atoms with E-state index in [1.807, 2.05) is 11.8 Å². The Balaban J connectivity index is 2.43. The molecule has 1 amide bonds. The smallest absolute Gasteiger partial charge is 0.234 e. The summed E-state index contributed by atoms with van der Waals surface area (Å²) in [5.74, 6) is 0.0631. The number of rotatable bonds is 3. The third-order valence-corrected chi connectivity index (χ3v) is 2.27. The molecule has 4 nitrogen and oxygen atoms in total. The number of nitrogens with zero attached hydrogens (tertiary/aromatic N) is 1. The molecule has 0 bridgehead atoms. The molecule has 0 aromatic rings. The Hall–Kier alpha value is -0.610. The lowest BCUT2D eigenvalue weighted by atomic mass is 10.2. The average molecular weight is 172 g/mol. The lowest BCUT2D eigenvalue weighted by Crippen LogP contribution is -2.52. The van der Waals surface area contributed by atoms with Crippen LogP contribution >= 0.6 is 0 Å². The molecular weight excluding hydrogens is 156 g/mol. The lowest BCUT2D eigenvalue weighted by Gasteiger charge is -2.32. The topological polar surface area (TPSA) is 52.6 Å². The normalized spacial score (nSPS) is 22.0. The highest BCUT2D eigenvalue weighted by atomic mass is 16.3. The molecule has 2 N–H and O–H groups in total. The molecular formula is C8H16N2O2. The van der Waals surface area contributed by atoms with E-state index < -0.39 is 0 Å². The van der Waals surface area contributed by atoms with Crippen molar-refractivity contribution in [2.75, 3.05) is 26.2 Å². The van der Waals surface area contributed by atoms with Gasteiger partial charge in [0, 0.05) is 19.1 Å². The summed E-state index contributed by atoms with van der Waals surface area (Å²) < 4.78 is 0. The van der Waals surface area contributed by atoms with Gasteiger partial charge in [-0.3, -0.25) is 9.69 Å². The van der Waals surface area contributed by atoms with Crippen LogP contribution in [-0.4, -0.2) is 48.2 Å². The first-order valence-electron chi connectivity index (χ1n) is 4.39. The summed E-state index contributed by atoms with van der Waals surface area (Å²) in [6.07, 6.45) is 0.893. The minimum Gasteiger partial charge on any atom is -0.395 e. The van der Waals surface area contributed by atoms with Gasteiger partial charge in [0.25, 0.3) is 0 Å². The number of nitrogens with one attached hydrogen (secondary N) is 1. The largest absolute Gasteiger partial charge is 0.395 e. The minimum absolute atomic E-state index is 0.0631. The molecule has 1 atom stereocenters. The first-order chi connectivity index (χ1) is 5.77. The van der Waals surface area contributed by atoms with Gasteiger partial charge in [0.15, 0.2) is 0 Å². The maximum absolute atomic E-state index is 11.0. The zero-order valence-corrected chi connectivity index (χ0v) is 7.42. The summed E-state index contributed by atoms with van der Waals surface area (Å²) in [5, 5.41) is 11.7. The van der Waals surface area contributed by atoms with E-state index in [1.54, 1.807) is 0 Å². The van der Waals surface area contributed by atoms with Gasteiger partial charge in [-0.1, -0.05) is 6.92 Å². The molecule has 0 radical (unpaired) electrons. The fourth-order valence-electron chi connectivity index (χ4n) is 1.47. The van der Waals surface area contributed by atoms with E-state index in [0.717, 1.165) is 13.0 Å². The number of carbonyl (C=O) groups is 1. The van der Waals surface area contributed by atoms with Crippen LogP contribution in [0.1, 0.15) is 13.3 Å². The Labute approximate surface area is 72.6 Å². The first kappa shape index (κ1) is 9.48. The summed E-state index contributed by atoms with van der Waals surface area (Å²) in [6, 6.07) is 0.149. The maximum Gasteiger partial charge on any atom is 0.234 e. The Morgan fingerprint density at radius 2 is 2.50 bits per heavy atom. The highest BCUT2D eigenvalue weighted by Crippen LogP contribution is 2.04. The molecule has 70 valence electrons. The highest BCUT2D eigenvalue weighted by molar-refractivity contribution is 5.78. The summed E-state index contributed by atoms with van der Waals surface area (Å²) >= 11 is 0. The third kappa shape index (κ3) is 2.19. The SMILES string of the molecule is CCC(CO)N1CCNC(=O)C1. The number of hydrogen-bond donors (Lipinski definition) is 2. The van der Waals surface area contributed by atoms with Crippen molar-refractivity contribution in [3.63, 3.8) is 0 Å². The first-order valence-corrected chi connectivity index (χ1v) is 4.39. The van der Waals surface area contributed by atoms with E-state index in [4.69, 9.17) is 5.11 Å². The predicted octanol–water partition coefficient (Wildman–Crippen LogP) is -0.811. The second kappa shape index (κ2) is 4.42. The molecule has 0 aromatic carbocycles. The Morgan fingerprint density at radius 3 is 3.00 bits per heavy atom. The number of amides is 1. The van der Waals surface area contributed by atoms with Crippen LogP contribution in [0, 0.1) is 0 Å². The summed E-state index contributed by atoms with van der Waals surface area (Å²) in [6.45, 7) is 4.15. The van der Waals surface area contributed by atoms with Crippen molar-refractivity contribution in [3.8, 4) is 0 Å². The van der Waals surface area contributed by atoms with Crippen LogP contribution in [0.3, 0.4) is 0 Å². The number of carbonyl (C=O) groups excluding carboxylic acids is 1. The van der Waals surface area contributed by atoms with E-state index in [0.29, 0.717) is 13.1 Å². The number of piperazine rings is 1. The molecule has 1 heterocycles. The van der Waals surface area contributed by atoms with Gasteiger partial charge in [-0.25, -0.2) is 0 Å².